The highest BCUT2D eigenvalue weighted by atomic mass is 35.5. The second-order valence-electron chi connectivity index (χ2n) is 7.15. The van der Waals surface area contributed by atoms with Crippen LogP contribution < -0.4 is 10.2 Å². The van der Waals surface area contributed by atoms with E-state index in [9.17, 15) is 4.39 Å². The van der Waals surface area contributed by atoms with Crippen molar-refractivity contribution in [3.05, 3.63) is 59.6 Å². The van der Waals surface area contributed by atoms with E-state index < -0.39 is 5.82 Å². The van der Waals surface area contributed by atoms with Gasteiger partial charge in [-0.25, -0.2) is 9.37 Å². The zero-order chi connectivity index (χ0) is 20.4. The number of benzene rings is 1. The van der Waals surface area contributed by atoms with Crippen LogP contribution in [0.4, 0.5) is 21.7 Å². The van der Waals surface area contributed by atoms with E-state index in [0.717, 1.165) is 11.1 Å². The van der Waals surface area contributed by atoms with Crippen molar-refractivity contribution in [2.75, 3.05) is 23.3 Å². The number of aromatic nitrogens is 3. The van der Waals surface area contributed by atoms with E-state index in [2.05, 4.69) is 25.4 Å². The number of hydrogen-bond donors (Lipinski definition) is 1. The zero-order valence-corrected chi connectivity index (χ0v) is 16.9. The predicted octanol–water partition coefficient (Wildman–Crippen LogP) is 4.69. The van der Waals surface area contributed by atoms with Crippen molar-refractivity contribution in [1.29, 1.82) is 0 Å². The van der Waals surface area contributed by atoms with E-state index in [-0.39, 0.29) is 12.2 Å². The van der Waals surface area contributed by atoms with Gasteiger partial charge in [0.15, 0.2) is 11.6 Å². The molecule has 29 heavy (non-hydrogen) atoms. The highest BCUT2D eigenvalue weighted by Crippen LogP contribution is 2.27. The largest absolute Gasteiger partial charge is 0.372 e. The first-order chi connectivity index (χ1) is 14.0. The molecule has 1 aliphatic heterocycles. The van der Waals surface area contributed by atoms with Gasteiger partial charge in [0.05, 0.1) is 30.3 Å². The predicted molar refractivity (Wildman–Crippen MR) is 112 cm³/mol. The molecule has 1 fully saturated rings. The van der Waals surface area contributed by atoms with Crippen LogP contribution in [0.2, 0.25) is 5.02 Å². The van der Waals surface area contributed by atoms with Crippen LogP contribution in [0.25, 0.3) is 11.1 Å². The van der Waals surface area contributed by atoms with Gasteiger partial charge in [-0.05, 0) is 37.6 Å². The highest BCUT2D eigenvalue weighted by Gasteiger charge is 2.24. The maximum Gasteiger partial charge on any atom is 0.165 e. The van der Waals surface area contributed by atoms with Crippen LogP contribution in [-0.4, -0.2) is 40.5 Å². The molecule has 1 saturated heterocycles. The number of morpholine rings is 1. The van der Waals surface area contributed by atoms with Gasteiger partial charge in [0.25, 0.3) is 0 Å². The first-order valence-corrected chi connectivity index (χ1v) is 9.77. The van der Waals surface area contributed by atoms with Crippen molar-refractivity contribution in [2.45, 2.75) is 26.1 Å². The summed E-state index contributed by atoms with van der Waals surface area (Å²) in [6, 6.07) is 10.9. The Labute approximate surface area is 173 Å². The van der Waals surface area contributed by atoms with Gasteiger partial charge in [-0.3, -0.25) is 0 Å². The molecule has 4 rings (SSSR count). The molecule has 1 aromatic carbocycles. The molecular formula is C21H21ClFN5O. The van der Waals surface area contributed by atoms with E-state index in [1.165, 1.54) is 6.20 Å². The lowest BCUT2D eigenvalue weighted by Crippen LogP contribution is -2.45. The molecule has 8 heteroatoms. The lowest BCUT2D eigenvalue weighted by Gasteiger charge is -2.36. The maximum atomic E-state index is 14.4. The van der Waals surface area contributed by atoms with Crippen LogP contribution in [0.3, 0.4) is 0 Å². The van der Waals surface area contributed by atoms with Crippen molar-refractivity contribution in [2.24, 2.45) is 0 Å². The SMILES string of the molecule is C[C@@H]1CN(c2cc(Nc3cc(-c4ccc(Cl)cc4)cnn3)c(F)cn2)C[C@H](C)O1. The van der Waals surface area contributed by atoms with Gasteiger partial charge in [0.2, 0.25) is 0 Å². The van der Waals surface area contributed by atoms with Crippen LogP contribution in [0.1, 0.15) is 13.8 Å². The molecule has 0 aliphatic carbocycles. The number of anilines is 3. The van der Waals surface area contributed by atoms with Crippen molar-refractivity contribution in [3.8, 4) is 11.1 Å². The van der Waals surface area contributed by atoms with Crippen LogP contribution in [0, 0.1) is 5.82 Å². The number of halogens is 2. The summed E-state index contributed by atoms with van der Waals surface area (Å²) in [5.41, 5.74) is 2.09. The summed E-state index contributed by atoms with van der Waals surface area (Å²) in [4.78, 5) is 6.35. The maximum absolute atomic E-state index is 14.4. The van der Waals surface area contributed by atoms with Gasteiger partial charge >= 0.3 is 0 Å². The molecule has 0 unspecified atom stereocenters. The molecule has 150 valence electrons. The minimum absolute atomic E-state index is 0.0870. The number of hydrogen-bond acceptors (Lipinski definition) is 6. The molecule has 6 nitrogen and oxygen atoms in total. The first-order valence-electron chi connectivity index (χ1n) is 9.39. The van der Waals surface area contributed by atoms with E-state index >= 15 is 0 Å². The van der Waals surface area contributed by atoms with Gasteiger partial charge in [-0.15, -0.1) is 5.10 Å². The quantitative estimate of drug-likeness (QED) is 0.669. The molecule has 2 aromatic heterocycles. The van der Waals surface area contributed by atoms with Crippen molar-refractivity contribution >= 4 is 28.9 Å². The van der Waals surface area contributed by atoms with Gasteiger partial charge in [-0.1, -0.05) is 23.7 Å². The number of nitrogens with zero attached hydrogens (tertiary/aromatic N) is 4. The Morgan fingerprint density at radius 3 is 2.52 bits per heavy atom. The molecule has 0 saturated carbocycles. The molecule has 2 atom stereocenters. The monoisotopic (exact) mass is 413 g/mol. The van der Waals surface area contributed by atoms with E-state index in [1.54, 1.807) is 12.3 Å². The fraction of sp³-hybridized carbons (Fsp3) is 0.286. The third kappa shape index (κ3) is 4.63. The van der Waals surface area contributed by atoms with Crippen LogP contribution in [0.15, 0.2) is 48.8 Å². The van der Waals surface area contributed by atoms with E-state index in [4.69, 9.17) is 16.3 Å². The molecular weight excluding hydrogens is 393 g/mol. The lowest BCUT2D eigenvalue weighted by molar-refractivity contribution is -0.00545. The molecule has 0 radical (unpaired) electrons. The van der Waals surface area contributed by atoms with Crippen molar-refractivity contribution in [3.63, 3.8) is 0 Å². The van der Waals surface area contributed by atoms with Crippen LogP contribution >= 0.6 is 11.6 Å². The summed E-state index contributed by atoms with van der Waals surface area (Å²) in [7, 11) is 0. The number of ether oxygens (including phenoxy) is 1. The summed E-state index contributed by atoms with van der Waals surface area (Å²) in [6.45, 7) is 5.44. The number of rotatable bonds is 4. The third-order valence-electron chi connectivity index (χ3n) is 4.68. The second kappa shape index (κ2) is 8.31. The molecule has 1 N–H and O–H groups in total. The summed E-state index contributed by atoms with van der Waals surface area (Å²) in [5, 5.41) is 11.8. The Morgan fingerprint density at radius 2 is 1.79 bits per heavy atom. The summed E-state index contributed by atoms with van der Waals surface area (Å²) in [6.07, 6.45) is 3.05. The zero-order valence-electron chi connectivity index (χ0n) is 16.1. The normalized spacial score (nSPS) is 19.2. The van der Waals surface area contributed by atoms with Crippen LogP contribution in [0.5, 0.6) is 0 Å². The van der Waals surface area contributed by atoms with Gasteiger partial charge in [-0.2, -0.15) is 5.10 Å². The summed E-state index contributed by atoms with van der Waals surface area (Å²) >= 11 is 5.95. The fourth-order valence-corrected chi connectivity index (χ4v) is 3.55. The second-order valence-corrected chi connectivity index (χ2v) is 7.58. The average molecular weight is 414 g/mol. The fourth-order valence-electron chi connectivity index (χ4n) is 3.43. The molecule has 1 aliphatic rings. The number of nitrogens with one attached hydrogen (secondary N) is 1. The Morgan fingerprint density at radius 1 is 1.07 bits per heavy atom. The minimum atomic E-state index is -0.457. The Bertz CT molecular complexity index is 991. The molecule has 3 heterocycles. The standard InChI is InChI=1S/C21H21ClFN5O/c1-13-11-28(12-14(2)29-13)21-8-19(18(23)10-24-21)26-20-7-16(9-25-27-20)15-3-5-17(22)6-4-15/h3-10,13-14H,11-12H2,1-2H3,(H,24,26,27)/t13-,14+. The Hall–Kier alpha value is -2.77. The Kier molecular flexibility index (Phi) is 5.60. The van der Waals surface area contributed by atoms with Crippen LogP contribution in [-0.2, 0) is 4.74 Å². The van der Waals surface area contributed by atoms with Crippen molar-refractivity contribution < 1.29 is 9.13 Å². The molecule has 0 amide bonds. The van der Waals surface area contributed by atoms with E-state index in [1.807, 2.05) is 44.2 Å². The average Bonchev–Trinajstić information content (AvgIpc) is 2.70. The molecule has 0 spiro atoms. The van der Waals surface area contributed by atoms with Crippen molar-refractivity contribution in [1.82, 2.24) is 15.2 Å². The topological polar surface area (TPSA) is 63.2 Å². The van der Waals surface area contributed by atoms with Gasteiger partial charge in [0.1, 0.15) is 5.82 Å². The van der Waals surface area contributed by atoms with Gasteiger partial charge in [0, 0.05) is 29.7 Å². The lowest BCUT2D eigenvalue weighted by atomic mass is 10.1. The Balaban J connectivity index is 1.58. The van der Waals surface area contributed by atoms with Gasteiger partial charge < -0.3 is 15.0 Å². The number of pyridine rings is 1. The van der Waals surface area contributed by atoms with E-state index in [0.29, 0.717) is 35.4 Å². The summed E-state index contributed by atoms with van der Waals surface area (Å²) in [5.74, 6) is 0.678. The highest BCUT2D eigenvalue weighted by molar-refractivity contribution is 6.30. The molecule has 3 aromatic rings. The summed E-state index contributed by atoms with van der Waals surface area (Å²) < 4.78 is 20.2. The molecule has 0 bridgehead atoms. The minimum Gasteiger partial charge on any atom is -0.372 e. The smallest absolute Gasteiger partial charge is 0.165 e. The third-order valence-corrected chi connectivity index (χ3v) is 4.93. The first kappa shape index (κ1) is 19.5.